The third kappa shape index (κ3) is 2.40. The highest BCUT2D eigenvalue weighted by Crippen LogP contribution is 2.20. The van der Waals surface area contributed by atoms with E-state index in [9.17, 15) is 5.11 Å². The predicted molar refractivity (Wildman–Crippen MR) is 70.2 cm³/mol. The van der Waals surface area contributed by atoms with E-state index in [1.165, 1.54) is 0 Å². The third-order valence-corrected chi connectivity index (χ3v) is 2.62. The number of phenolic OH excluding ortho intramolecular Hbond substituents is 1. The molecule has 0 saturated carbocycles. The first-order valence-electron chi connectivity index (χ1n) is 5.73. The van der Waals surface area contributed by atoms with Crippen LogP contribution < -0.4 is 0 Å². The van der Waals surface area contributed by atoms with Crippen molar-refractivity contribution in [2.75, 3.05) is 0 Å². The van der Waals surface area contributed by atoms with Gasteiger partial charge in [-0.1, -0.05) is 6.07 Å². The highest BCUT2D eigenvalue weighted by molar-refractivity contribution is 5.61. The normalized spacial score (nSPS) is 10.3. The van der Waals surface area contributed by atoms with Gasteiger partial charge in [0, 0.05) is 11.8 Å². The summed E-state index contributed by atoms with van der Waals surface area (Å²) in [4.78, 5) is 8.62. The Kier molecular flexibility index (Phi) is 2.86. The van der Waals surface area contributed by atoms with Crippen molar-refractivity contribution in [1.82, 2.24) is 20.2 Å². The molecule has 92 valence electrons. The van der Waals surface area contributed by atoms with Crippen LogP contribution in [-0.4, -0.2) is 25.3 Å². The smallest absolute Gasteiger partial charge is 0.200 e. The Morgan fingerprint density at radius 2 is 1.74 bits per heavy atom. The van der Waals surface area contributed by atoms with Crippen LogP contribution in [0.5, 0.6) is 5.75 Å². The molecule has 19 heavy (non-hydrogen) atoms. The van der Waals surface area contributed by atoms with Crippen molar-refractivity contribution in [3.63, 3.8) is 0 Å². The second-order valence-electron chi connectivity index (χ2n) is 3.93. The number of rotatable bonds is 2. The van der Waals surface area contributed by atoms with Gasteiger partial charge in [0.25, 0.3) is 0 Å². The molecule has 0 spiro atoms. The van der Waals surface area contributed by atoms with E-state index in [0.717, 1.165) is 5.56 Å². The lowest BCUT2D eigenvalue weighted by molar-refractivity contribution is 0.475. The molecule has 0 saturated heterocycles. The summed E-state index contributed by atoms with van der Waals surface area (Å²) >= 11 is 0. The van der Waals surface area contributed by atoms with Gasteiger partial charge in [0.2, 0.25) is 5.82 Å². The van der Waals surface area contributed by atoms with Crippen molar-refractivity contribution >= 4 is 0 Å². The van der Waals surface area contributed by atoms with Crippen LogP contribution in [-0.2, 0) is 0 Å². The maximum atomic E-state index is 9.28. The summed E-state index contributed by atoms with van der Waals surface area (Å²) in [7, 11) is 0. The van der Waals surface area contributed by atoms with Gasteiger partial charge in [-0.3, -0.25) is 4.98 Å². The van der Waals surface area contributed by atoms with Crippen LogP contribution in [0.25, 0.3) is 22.8 Å². The van der Waals surface area contributed by atoms with Gasteiger partial charge in [0.05, 0.1) is 11.9 Å². The Hall–Kier alpha value is -2.82. The molecule has 0 aliphatic carbocycles. The number of phenols is 1. The number of pyridine rings is 1. The molecule has 3 aromatic rings. The molecule has 2 heterocycles. The van der Waals surface area contributed by atoms with Gasteiger partial charge in [-0.05, 0) is 36.4 Å². The molecule has 0 atom stereocenters. The Balaban J connectivity index is 2.03. The zero-order valence-electron chi connectivity index (χ0n) is 9.93. The molecule has 1 aromatic carbocycles. The first-order valence-corrected chi connectivity index (χ1v) is 5.73. The fourth-order valence-electron chi connectivity index (χ4n) is 1.68. The van der Waals surface area contributed by atoms with Gasteiger partial charge in [0.1, 0.15) is 11.4 Å². The van der Waals surface area contributed by atoms with Crippen LogP contribution in [0, 0.1) is 0 Å². The minimum Gasteiger partial charge on any atom is -0.508 e. The maximum Gasteiger partial charge on any atom is 0.200 e. The van der Waals surface area contributed by atoms with Gasteiger partial charge in [-0.2, -0.15) is 5.10 Å². The van der Waals surface area contributed by atoms with Crippen molar-refractivity contribution in [3.8, 4) is 28.5 Å². The first kappa shape index (κ1) is 11.3. The van der Waals surface area contributed by atoms with Crippen LogP contribution in [0.15, 0.2) is 54.9 Å². The van der Waals surface area contributed by atoms with Gasteiger partial charge in [-0.25, -0.2) is 4.98 Å². The summed E-state index contributed by atoms with van der Waals surface area (Å²) in [5, 5.41) is 17.2. The Morgan fingerprint density at radius 3 is 2.47 bits per heavy atom. The van der Waals surface area contributed by atoms with Crippen molar-refractivity contribution in [2.45, 2.75) is 0 Å². The van der Waals surface area contributed by atoms with Crippen LogP contribution in [0.1, 0.15) is 0 Å². The van der Waals surface area contributed by atoms with Crippen molar-refractivity contribution in [2.24, 2.45) is 0 Å². The highest BCUT2D eigenvalue weighted by atomic mass is 16.3. The SMILES string of the molecule is Oc1ccc(-c2cnnc(-c3ccccn3)n2)cc1. The number of benzene rings is 1. The van der Waals surface area contributed by atoms with E-state index in [0.29, 0.717) is 17.2 Å². The lowest BCUT2D eigenvalue weighted by atomic mass is 10.1. The molecule has 0 aliphatic rings. The molecular formula is C14H10N4O. The van der Waals surface area contributed by atoms with Gasteiger partial charge in [-0.15, -0.1) is 5.10 Å². The van der Waals surface area contributed by atoms with Gasteiger partial charge >= 0.3 is 0 Å². The molecular weight excluding hydrogens is 240 g/mol. The molecule has 0 fully saturated rings. The highest BCUT2D eigenvalue weighted by Gasteiger charge is 2.06. The predicted octanol–water partition coefficient (Wildman–Crippen LogP) is 2.31. The van der Waals surface area contributed by atoms with Crippen molar-refractivity contribution in [3.05, 3.63) is 54.9 Å². The zero-order valence-corrected chi connectivity index (χ0v) is 9.93. The Morgan fingerprint density at radius 1 is 0.895 bits per heavy atom. The summed E-state index contributed by atoms with van der Waals surface area (Å²) in [6.07, 6.45) is 3.27. The molecule has 0 unspecified atom stereocenters. The molecule has 5 heteroatoms. The molecule has 0 radical (unpaired) electrons. The Bertz CT molecular complexity index is 683. The fourth-order valence-corrected chi connectivity index (χ4v) is 1.68. The average molecular weight is 250 g/mol. The molecule has 5 nitrogen and oxygen atoms in total. The van der Waals surface area contributed by atoms with E-state index in [2.05, 4.69) is 20.2 Å². The molecule has 0 aliphatic heterocycles. The standard InChI is InChI=1S/C14H10N4O/c19-11-6-4-10(5-7-11)13-9-16-18-14(17-13)12-3-1-2-8-15-12/h1-9,19H. The molecule has 1 N–H and O–H groups in total. The molecule has 3 rings (SSSR count). The summed E-state index contributed by atoms with van der Waals surface area (Å²) in [5.41, 5.74) is 2.23. The van der Waals surface area contributed by atoms with Crippen molar-refractivity contribution in [1.29, 1.82) is 0 Å². The van der Waals surface area contributed by atoms with Crippen molar-refractivity contribution < 1.29 is 5.11 Å². The minimum absolute atomic E-state index is 0.218. The topological polar surface area (TPSA) is 71.8 Å². The number of aromatic hydroxyl groups is 1. The van der Waals surface area contributed by atoms with E-state index in [1.54, 1.807) is 36.7 Å². The molecule has 2 aromatic heterocycles. The van der Waals surface area contributed by atoms with Gasteiger partial charge in [0.15, 0.2) is 0 Å². The van der Waals surface area contributed by atoms with E-state index in [4.69, 9.17) is 0 Å². The largest absolute Gasteiger partial charge is 0.508 e. The molecule has 0 bridgehead atoms. The second-order valence-corrected chi connectivity index (χ2v) is 3.93. The number of hydrogen-bond donors (Lipinski definition) is 1. The average Bonchev–Trinajstić information content (AvgIpc) is 2.49. The van der Waals surface area contributed by atoms with E-state index in [1.807, 2.05) is 18.2 Å². The third-order valence-electron chi connectivity index (χ3n) is 2.62. The summed E-state index contributed by atoms with van der Waals surface area (Å²) < 4.78 is 0. The second kappa shape index (κ2) is 4.81. The van der Waals surface area contributed by atoms with Crippen LogP contribution >= 0.6 is 0 Å². The fraction of sp³-hybridized carbons (Fsp3) is 0. The van der Waals surface area contributed by atoms with Gasteiger partial charge < -0.3 is 5.11 Å². The van der Waals surface area contributed by atoms with Crippen LogP contribution in [0.4, 0.5) is 0 Å². The summed E-state index contributed by atoms with van der Waals surface area (Å²) in [6.45, 7) is 0. The number of hydrogen-bond acceptors (Lipinski definition) is 5. The van der Waals surface area contributed by atoms with Crippen LogP contribution in [0.2, 0.25) is 0 Å². The maximum absolute atomic E-state index is 9.28. The van der Waals surface area contributed by atoms with E-state index in [-0.39, 0.29) is 5.75 Å². The van der Waals surface area contributed by atoms with E-state index >= 15 is 0 Å². The monoisotopic (exact) mass is 250 g/mol. The quantitative estimate of drug-likeness (QED) is 0.755. The Labute approximate surface area is 109 Å². The summed E-state index contributed by atoms with van der Waals surface area (Å²) in [5.74, 6) is 0.696. The van der Waals surface area contributed by atoms with E-state index < -0.39 is 0 Å². The lowest BCUT2D eigenvalue weighted by Gasteiger charge is -2.02. The number of aromatic nitrogens is 4. The number of nitrogens with zero attached hydrogens (tertiary/aromatic N) is 4. The van der Waals surface area contributed by atoms with Crippen LogP contribution in [0.3, 0.4) is 0 Å². The zero-order chi connectivity index (χ0) is 13.1. The summed E-state index contributed by atoms with van der Waals surface area (Å²) in [6, 6.07) is 12.3. The minimum atomic E-state index is 0.218. The lowest BCUT2D eigenvalue weighted by Crippen LogP contribution is -1.96. The molecule has 0 amide bonds. The first-order chi connectivity index (χ1) is 9.33.